The van der Waals surface area contributed by atoms with Crippen LogP contribution in [0.4, 0.5) is 22.7 Å². The fraction of sp³-hybridized carbons (Fsp3) is 0.0968. The number of nitrogen functional groups attached to an aromatic ring is 1. The number of nitrogens with two attached hydrogens (primary N) is 1. The zero-order chi connectivity index (χ0) is 29.8. The number of nitrogens with zero attached hydrogens (tertiary/aromatic N) is 6. The average molecular weight is 574 g/mol. The lowest BCUT2D eigenvalue weighted by atomic mass is 10.2. The average Bonchev–Trinajstić information content (AvgIpc) is 3.45. The SMILES string of the molecule is Cn1cc(-c2ccc(=O)n(CCOc3ccnc4cc(Nc5ccc(C(=O)Nc6ccccc6N)nc5)ccc34)n2)cn1. The smallest absolute Gasteiger partial charge is 0.274 e. The van der Waals surface area contributed by atoms with E-state index in [2.05, 4.69) is 30.8 Å². The summed E-state index contributed by atoms with van der Waals surface area (Å²) in [5.74, 6) is 0.290. The highest BCUT2D eigenvalue weighted by Gasteiger charge is 2.11. The van der Waals surface area contributed by atoms with Crippen LogP contribution in [0.2, 0.25) is 0 Å². The molecule has 12 nitrogen and oxygen atoms in total. The standard InChI is InChI=1S/C31H27N9O3/c1-39-19-20(17-35-39)25-10-11-30(41)40(38-25)14-15-43-29-12-13-33-28-16-21(6-8-23(28)29)36-22-7-9-27(34-18-22)31(42)37-26-5-3-2-4-24(26)32/h2-13,16-19,36H,14-15,32H2,1H3,(H,37,42). The number of carbonyl (C=O) groups excluding carboxylic acids is 1. The highest BCUT2D eigenvalue weighted by molar-refractivity contribution is 6.04. The lowest BCUT2D eigenvalue weighted by molar-refractivity contribution is 0.102. The van der Waals surface area contributed by atoms with Crippen LogP contribution < -0.4 is 26.7 Å². The third-order valence-electron chi connectivity index (χ3n) is 6.62. The summed E-state index contributed by atoms with van der Waals surface area (Å²) in [6.07, 6.45) is 6.80. The first-order valence-electron chi connectivity index (χ1n) is 13.4. The zero-order valence-electron chi connectivity index (χ0n) is 23.1. The van der Waals surface area contributed by atoms with Crippen LogP contribution in [0.15, 0.2) is 102 Å². The number of anilines is 4. The zero-order valence-corrected chi connectivity index (χ0v) is 23.1. The lowest BCUT2D eigenvalue weighted by Gasteiger charge is -2.12. The van der Waals surface area contributed by atoms with Crippen LogP contribution in [0.5, 0.6) is 5.75 Å². The molecule has 0 spiro atoms. The highest BCUT2D eigenvalue weighted by Crippen LogP contribution is 2.28. The molecule has 0 aliphatic heterocycles. The normalized spacial score (nSPS) is 10.9. The minimum atomic E-state index is -0.353. The molecule has 12 heteroatoms. The van der Waals surface area contributed by atoms with Crippen LogP contribution in [-0.2, 0) is 13.6 Å². The molecule has 1 amide bonds. The molecule has 43 heavy (non-hydrogen) atoms. The first-order chi connectivity index (χ1) is 20.9. The Bertz CT molecular complexity index is 1980. The summed E-state index contributed by atoms with van der Waals surface area (Å²) in [6, 6.07) is 21.1. The van der Waals surface area contributed by atoms with Gasteiger partial charge in [-0.25, -0.2) is 9.67 Å². The van der Waals surface area contributed by atoms with Crippen molar-refractivity contribution in [2.24, 2.45) is 7.05 Å². The van der Waals surface area contributed by atoms with Gasteiger partial charge in [-0.05, 0) is 54.6 Å². The summed E-state index contributed by atoms with van der Waals surface area (Å²) in [5.41, 5.74) is 10.7. The molecule has 0 atom stereocenters. The molecule has 6 aromatic rings. The predicted molar refractivity (Wildman–Crippen MR) is 164 cm³/mol. The maximum absolute atomic E-state index is 12.6. The van der Waals surface area contributed by atoms with E-state index in [9.17, 15) is 9.59 Å². The first-order valence-corrected chi connectivity index (χ1v) is 13.4. The van der Waals surface area contributed by atoms with Crippen LogP contribution in [-0.4, -0.2) is 42.0 Å². The number of para-hydroxylation sites is 2. The van der Waals surface area contributed by atoms with Gasteiger partial charge in [-0.2, -0.15) is 10.2 Å². The second-order valence-corrected chi connectivity index (χ2v) is 9.67. The van der Waals surface area contributed by atoms with E-state index in [1.165, 1.54) is 10.7 Å². The third-order valence-corrected chi connectivity index (χ3v) is 6.62. The molecule has 0 aliphatic rings. The van der Waals surface area contributed by atoms with Gasteiger partial charge >= 0.3 is 0 Å². The minimum absolute atomic E-state index is 0.212. The van der Waals surface area contributed by atoms with Crippen molar-refractivity contribution in [3.63, 3.8) is 0 Å². The monoisotopic (exact) mass is 573 g/mol. The van der Waals surface area contributed by atoms with Crippen LogP contribution in [0.3, 0.4) is 0 Å². The molecule has 2 aromatic carbocycles. The van der Waals surface area contributed by atoms with Crippen molar-refractivity contribution in [2.75, 3.05) is 23.0 Å². The van der Waals surface area contributed by atoms with Gasteiger partial charge in [0.2, 0.25) is 0 Å². The van der Waals surface area contributed by atoms with Crippen molar-refractivity contribution in [3.8, 4) is 17.0 Å². The maximum Gasteiger partial charge on any atom is 0.274 e. The van der Waals surface area contributed by atoms with E-state index in [1.54, 1.807) is 71.8 Å². The molecule has 0 radical (unpaired) electrons. The molecule has 4 aromatic heterocycles. The van der Waals surface area contributed by atoms with E-state index in [1.807, 2.05) is 31.4 Å². The number of nitrogens with one attached hydrogen (secondary N) is 2. The van der Waals surface area contributed by atoms with E-state index in [-0.39, 0.29) is 30.3 Å². The van der Waals surface area contributed by atoms with Crippen LogP contribution in [0.25, 0.3) is 22.2 Å². The molecule has 0 unspecified atom stereocenters. The quantitative estimate of drug-likeness (QED) is 0.215. The number of rotatable bonds is 9. The van der Waals surface area contributed by atoms with Gasteiger partial charge in [0.1, 0.15) is 18.1 Å². The first kappa shape index (κ1) is 27.1. The van der Waals surface area contributed by atoms with Gasteiger partial charge in [-0.3, -0.25) is 19.3 Å². The third kappa shape index (κ3) is 6.17. The van der Waals surface area contributed by atoms with Gasteiger partial charge < -0.3 is 21.1 Å². The number of ether oxygens (including phenoxy) is 1. The predicted octanol–water partition coefficient (Wildman–Crippen LogP) is 4.24. The number of benzene rings is 2. The van der Waals surface area contributed by atoms with Gasteiger partial charge in [0.25, 0.3) is 11.5 Å². The number of carbonyl (C=O) groups is 1. The molecule has 0 bridgehead atoms. The maximum atomic E-state index is 12.6. The molecular formula is C31H27N9O3. The van der Waals surface area contributed by atoms with Gasteiger partial charge in [0.05, 0.1) is 47.2 Å². The summed E-state index contributed by atoms with van der Waals surface area (Å²) in [7, 11) is 1.83. The van der Waals surface area contributed by atoms with Gasteiger partial charge in [0.15, 0.2) is 0 Å². The number of amides is 1. The topological polar surface area (TPSA) is 155 Å². The molecule has 0 fully saturated rings. The summed E-state index contributed by atoms with van der Waals surface area (Å²) in [4.78, 5) is 33.7. The van der Waals surface area contributed by atoms with E-state index >= 15 is 0 Å². The Morgan fingerprint density at radius 2 is 1.84 bits per heavy atom. The fourth-order valence-corrected chi connectivity index (χ4v) is 4.45. The van der Waals surface area contributed by atoms with Crippen LogP contribution in [0.1, 0.15) is 10.5 Å². The van der Waals surface area contributed by atoms with Crippen molar-refractivity contribution >= 4 is 39.6 Å². The van der Waals surface area contributed by atoms with Crippen molar-refractivity contribution in [2.45, 2.75) is 6.54 Å². The molecule has 0 aliphatic carbocycles. The number of hydrogen-bond donors (Lipinski definition) is 3. The second-order valence-electron chi connectivity index (χ2n) is 9.67. The molecule has 0 saturated heterocycles. The molecule has 4 heterocycles. The molecule has 0 saturated carbocycles. The number of hydrogen-bond acceptors (Lipinski definition) is 9. The van der Waals surface area contributed by atoms with Gasteiger partial charge in [-0.15, -0.1) is 0 Å². The Balaban J connectivity index is 1.10. The number of aryl methyl sites for hydroxylation is 1. The summed E-state index contributed by atoms with van der Waals surface area (Å²) in [6.45, 7) is 0.515. The largest absolute Gasteiger partial charge is 0.491 e. The Morgan fingerprint density at radius 3 is 2.63 bits per heavy atom. The number of fused-ring (bicyclic) bond motifs is 1. The van der Waals surface area contributed by atoms with E-state index in [0.717, 1.165) is 22.2 Å². The number of pyridine rings is 2. The van der Waals surface area contributed by atoms with Crippen LogP contribution >= 0.6 is 0 Å². The highest BCUT2D eigenvalue weighted by atomic mass is 16.5. The second kappa shape index (κ2) is 11.8. The molecule has 214 valence electrons. The number of aromatic nitrogens is 6. The van der Waals surface area contributed by atoms with E-state index in [0.29, 0.717) is 28.5 Å². The van der Waals surface area contributed by atoms with Crippen molar-refractivity contribution in [3.05, 3.63) is 114 Å². The van der Waals surface area contributed by atoms with Gasteiger partial charge in [0, 0.05) is 42.1 Å². The molecule has 6 rings (SSSR count). The minimum Gasteiger partial charge on any atom is -0.491 e. The van der Waals surface area contributed by atoms with Crippen molar-refractivity contribution in [1.29, 1.82) is 0 Å². The van der Waals surface area contributed by atoms with E-state index < -0.39 is 0 Å². The Hall–Kier alpha value is -6.04. The van der Waals surface area contributed by atoms with E-state index in [4.69, 9.17) is 10.5 Å². The Kier molecular flexibility index (Phi) is 7.47. The Labute approximate surface area is 245 Å². The summed E-state index contributed by atoms with van der Waals surface area (Å²) >= 11 is 0. The van der Waals surface area contributed by atoms with Crippen molar-refractivity contribution < 1.29 is 9.53 Å². The van der Waals surface area contributed by atoms with Crippen molar-refractivity contribution in [1.82, 2.24) is 29.5 Å². The van der Waals surface area contributed by atoms with Gasteiger partial charge in [-0.1, -0.05) is 12.1 Å². The lowest BCUT2D eigenvalue weighted by Crippen LogP contribution is -2.25. The molecular weight excluding hydrogens is 546 g/mol. The summed E-state index contributed by atoms with van der Waals surface area (Å²) in [5, 5.41) is 15.5. The Morgan fingerprint density at radius 1 is 0.977 bits per heavy atom. The fourth-order valence-electron chi connectivity index (χ4n) is 4.45. The molecule has 4 N–H and O–H groups in total. The van der Waals surface area contributed by atoms with Crippen LogP contribution in [0, 0.1) is 0 Å². The summed E-state index contributed by atoms with van der Waals surface area (Å²) < 4.78 is 9.11.